The van der Waals surface area contributed by atoms with Crippen molar-refractivity contribution < 1.29 is 22.7 Å². The van der Waals surface area contributed by atoms with E-state index in [2.05, 4.69) is 25.7 Å². The number of hydrogen-bond donors (Lipinski definition) is 0. The van der Waals surface area contributed by atoms with E-state index in [1.54, 1.807) is 4.40 Å². The molecule has 1 atom stereocenters. The Kier molecular flexibility index (Phi) is 4.19. The van der Waals surface area contributed by atoms with E-state index in [9.17, 15) is 18.0 Å². The molecular formula is C17H9BrClF3N2O2. The normalized spacial score (nSPS) is 16.5. The maximum Gasteiger partial charge on any atom is 0.387 e. The van der Waals surface area contributed by atoms with Gasteiger partial charge in [0.25, 0.3) is 0 Å². The highest BCUT2D eigenvalue weighted by Crippen LogP contribution is 2.43. The third kappa shape index (κ3) is 2.77. The summed E-state index contributed by atoms with van der Waals surface area (Å²) in [6, 6.07) is 5.46. The Labute approximate surface area is 158 Å². The molecule has 0 N–H and O–H groups in total. The van der Waals surface area contributed by atoms with Crippen molar-refractivity contribution in [2.45, 2.75) is 19.0 Å². The second-order valence-electron chi connectivity index (χ2n) is 5.78. The molecule has 9 heteroatoms. The van der Waals surface area contributed by atoms with E-state index in [-0.39, 0.29) is 33.8 Å². The molecule has 1 aliphatic carbocycles. The first-order valence-electron chi connectivity index (χ1n) is 7.49. The lowest BCUT2D eigenvalue weighted by molar-refractivity contribution is -0.0505. The minimum atomic E-state index is -3.02. The van der Waals surface area contributed by atoms with E-state index in [1.165, 1.54) is 30.5 Å². The highest BCUT2D eigenvalue weighted by molar-refractivity contribution is 9.10. The molecule has 0 fully saturated rings. The number of carbonyl (C=O) groups is 1. The van der Waals surface area contributed by atoms with Crippen LogP contribution in [0.3, 0.4) is 0 Å². The van der Waals surface area contributed by atoms with Crippen LogP contribution in [0.4, 0.5) is 13.2 Å². The summed E-state index contributed by atoms with van der Waals surface area (Å²) in [5, 5.41) is 0.323. The Morgan fingerprint density at radius 2 is 2.12 bits per heavy atom. The molecule has 1 aliphatic rings. The molecule has 2 aromatic heterocycles. The molecule has 0 bridgehead atoms. The molecule has 1 aromatic carbocycles. The van der Waals surface area contributed by atoms with Crippen LogP contribution < -0.4 is 4.74 Å². The molecule has 0 radical (unpaired) electrons. The molecule has 0 spiro atoms. The lowest BCUT2D eigenvalue weighted by Gasteiger charge is -2.17. The molecule has 0 saturated heterocycles. The van der Waals surface area contributed by atoms with Crippen molar-refractivity contribution in [2.75, 3.05) is 0 Å². The second kappa shape index (κ2) is 6.28. The van der Waals surface area contributed by atoms with Gasteiger partial charge in [0.05, 0.1) is 10.2 Å². The highest BCUT2D eigenvalue weighted by atomic mass is 79.9. The van der Waals surface area contributed by atoms with Crippen LogP contribution in [-0.2, 0) is 0 Å². The number of rotatable bonds is 3. The fourth-order valence-corrected chi connectivity index (χ4v) is 3.73. The third-order valence-electron chi connectivity index (χ3n) is 4.25. The fourth-order valence-electron chi connectivity index (χ4n) is 3.23. The minimum absolute atomic E-state index is 0.0372. The zero-order valence-electron chi connectivity index (χ0n) is 12.8. The monoisotopic (exact) mass is 444 g/mol. The van der Waals surface area contributed by atoms with Gasteiger partial charge in [-0.1, -0.05) is 11.6 Å². The molecule has 2 heterocycles. The molecule has 4 nitrogen and oxygen atoms in total. The van der Waals surface area contributed by atoms with E-state index >= 15 is 0 Å². The summed E-state index contributed by atoms with van der Waals surface area (Å²) >= 11 is 9.13. The largest absolute Gasteiger partial charge is 0.435 e. The van der Waals surface area contributed by atoms with Crippen molar-refractivity contribution in [3.8, 4) is 5.75 Å². The summed E-state index contributed by atoms with van der Waals surface area (Å²) in [6.07, 6.45) is 1.50. The standard InChI is InChI=1S/C17H9BrClF3N2O2/c18-10-6-24-14(5-11(10)20)23-15-12(25)4-9(16(15)24)8-3-7(19)1-2-13(8)26-17(21)22/h1-3,5-6,9,17H,4H2. The number of ketones is 1. The Morgan fingerprint density at radius 3 is 2.85 bits per heavy atom. The maximum absolute atomic E-state index is 13.8. The molecule has 4 rings (SSSR count). The number of Topliss-reactive ketones (excluding diaryl/α,β-unsaturated/α-hetero) is 1. The number of carbonyl (C=O) groups excluding carboxylic acids is 1. The van der Waals surface area contributed by atoms with Gasteiger partial charge in [-0.3, -0.25) is 4.79 Å². The smallest absolute Gasteiger partial charge is 0.387 e. The molecule has 0 amide bonds. The van der Waals surface area contributed by atoms with Crippen molar-refractivity contribution in [2.24, 2.45) is 0 Å². The summed E-state index contributed by atoms with van der Waals surface area (Å²) in [5.41, 5.74) is 1.29. The van der Waals surface area contributed by atoms with E-state index in [4.69, 9.17) is 11.6 Å². The summed E-state index contributed by atoms with van der Waals surface area (Å²) < 4.78 is 45.7. The van der Waals surface area contributed by atoms with Crippen LogP contribution in [-0.4, -0.2) is 21.8 Å². The molecule has 0 saturated carbocycles. The predicted molar refractivity (Wildman–Crippen MR) is 91.7 cm³/mol. The number of alkyl halides is 2. The lowest BCUT2D eigenvalue weighted by atomic mass is 9.95. The van der Waals surface area contributed by atoms with Crippen molar-refractivity contribution in [3.05, 3.63) is 62.7 Å². The van der Waals surface area contributed by atoms with Crippen molar-refractivity contribution in [1.82, 2.24) is 9.38 Å². The van der Waals surface area contributed by atoms with Gasteiger partial charge in [0.2, 0.25) is 0 Å². The van der Waals surface area contributed by atoms with Crippen LogP contribution in [0.25, 0.3) is 5.65 Å². The van der Waals surface area contributed by atoms with Gasteiger partial charge < -0.3 is 9.14 Å². The zero-order chi connectivity index (χ0) is 18.6. The van der Waals surface area contributed by atoms with Crippen molar-refractivity contribution in [3.63, 3.8) is 0 Å². The van der Waals surface area contributed by atoms with Gasteiger partial charge in [0, 0.05) is 35.2 Å². The number of ether oxygens (including phenoxy) is 1. The minimum Gasteiger partial charge on any atom is -0.435 e. The summed E-state index contributed by atoms with van der Waals surface area (Å²) in [7, 11) is 0. The average Bonchev–Trinajstić information content (AvgIpc) is 3.07. The molecule has 26 heavy (non-hydrogen) atoms. The Hall–Kier alpha value is -2.06. The van der Waals surface area contributed by atoms with Gasteiger partial charge in [-0.2, -0.15) is 8.78 Å². The predicted octanol–water partition coefficient (Wildman–Crippen LogP) is 5.21. The van der Waals surface area contributed by atoms with Crippen LogP contribution in [0.1, 0.15) is 34.1 Å². The number of fused-ring (bicyclic) bond motifs is 3. The first-order chi connectivity index (χ1) is 12.3. The quantitative estimate of drug-likeness (QED) is 0.556. The zero-order valence-corrected chi connectivity index (χ0v) is 15.2. The summed E-state index contributed by atoms with van der Waals surface area (Å²) in [4.78, 5) is 16.6. The van der Waals surface area contributed by atoms with Gasteiger partial charge in [-0.05, 0) is 34.1 Å². The number of halogens is 5. The Balaban J connectivity index is 1.93. The van der Waals surface area contributed by atoms with Crippen LogP contribution in [0.5, 0.6) is 5.75 Å². The van der Waals surface area contributed by atoms with Gasteiger partial charge in [0.1, 0.15) is 22.9 Å². The topological polar surface area (TPSA) is 43.6 Å². The number of hydrogen-bond acceptors (Lipinski definition) is 3. The van der Waals surface area contributed by atoms with Crippen LogP contribution in [0.2, 0.25) is 5.02 Å². The van der Waals surface area contributed by atoms with Crippen LogP contribution >= 0.6 is 27.5 Å². The number of aromatic nitrogens is 2. The summed E-state index contributed by atoms with van der Waals surface area (Å²) in [5.74, 6) is -1.42. The first kappa shape index (κ1) is 17.4. The summed E-state index contributed by atoms with van der Waals surface area (Å²) in [6.45, 7) is -3.02. The number of pyridine rings is 1. The molecule has 1 unspecified atom stereocenters. The van der Waals surface area contributed by atoms with Crippen LogP contribution in [0.15, 0.2) is 34.9 Å². The van der Waals surface area contributed by atoms with E-state index in [0.29, 0.717) is 16.3 Å². The number of benzene rings is 1. The van der Waals surface area contributed by atoms with Crippen molar-refractivity contribution >= 4 is 39.0 Å². The maximum atomic E-state index is 13.8. The average molecular weight is 446 g/mol. The fraction of sp³-hybridized carbons (Fsp3) is 0.176. The molecular weight excluding hydrogens is 437 g/mol. The highest BCUT2D eigenvalue weighted by Gasteiger charge is 2.37. The molecule has 134 valence electrons. The lowest BCUT2D eigenvalue weighted by Crippen LogP contribution is -2.08. The van der Waals surface area contributed by atoms with Gasteiger partial charge >= 0.3 is 6.61 Å². The van der Waals surface area contributed by atoms with E-state index < -0.39 is 18.3 Å². The SMILES string of the molecule is O=C1CC(c2cc(Cl)ccc2OC(F)F)c2c1nc1cc(F)c(Br)cn21. The Bertz CT molecular complexity index is 1050. The van der Waals surface area contributed by atoms with E-state index in [0.717, 1.165) is 0 Å². The number of imidazole rings is 1. The van der Waals surface area contributed by atoms with E-state index in [1.807, 2.05) is 0 Å². The molecule has 0 aliphatic heterocycles. The van der Waals surface area contributed by atoms with Gasteiger partial charge in [0.15, 0.2) is 5.78 Å². The second-order valence-corrected chi connectivity index (χ2v) is 7.07. The van der Waals surface area contributed by atoms with Gasteiger partial charge in [-0.25, -0.2) is 9.37 Å². The Morgan fingerprint density at radius 1 is 1.35 bits per heavy atom. The molecule has 3 aromatic rings. The third-order valence-corrected chi connectivity index (χ3v) is 5.07. The first-order valence-corrected chi connectivity index (χ1v) is 8.66. The van der Waals surface area contributed by atoms with Crippen LogP contribution in [0, 0.1) is 5.82 Å². The van der Waals surface area contributed by atoms with Crippen molar-refractivity contribution in [1.29, 1.82) is 0 Å². The number of nitrogens with zero attached hydrogens (tertiary/aromatic N) is 2. The van der Waals surface area contributed by atoms with Gasteiger partial charge in [-0.15, -0.1) is 0 Å².